The second kappa shape index (κ2) is 6.91. The van der Waals surface area contributed by atoms with E-state index in [4.69, 9.17) is 18.0 Å². The van der Waals surface area contributed by atoms with Crippen molar-refractivity contribution in [3.63, 3.8) is 0 Å². The molecule has 0 aromatic heterocycles. The van der Waals surface area contributed by atoms with E-state index in [0.29, 0.717) is 11.4 Å². The summed E-state index contributed by atoms with van der Waals surface area (Å²) in [6.07, 6.45) is 2.52. The molecule has 5 heteroatoms. The van der Waals surface area contributed by atoms with Crippen molar-refractivity contribution < 1.29 is 4.79 Å². The van der Waals surface area contributed by atoms with E-state index in [9.17, 15) is 4.79 Å². The maximum Gasteiger partial charge on any atom is 0.222 e. The van der Waals surface area contributed by atoms with Gasteiger partial charge in [-0.25, -0.2) is 0 Å². The zero-order valence-corrected chi connectivity index (χ0v) is 11.6. The van der Waals surface area contributed by atoms with E-state index in [2.05, 4.69) is 11.8 Å². The molecule has 0 aromatic rings. The topological polar surface area (TPSA) is 49.6 Å². The summed E-state index contributed by atoms with van der Waals surface area (Å²) in [6.45, 7) is 7.50. The SMILES string of the molecule is CCCC(=O)N1CCN(C(CC)C(N)=S)CC1. The van der Waals surface area contributed by atoms with Crippen molar-refractivity contribution in [2.45, 2.75) is 39.2 Å². The predicted octanol–water partition coefficient (Wildman–Crippen LogP) is 0.995. The second-order valence-corrected chi connectivity index (χ2v) is 4.96. The predicted molar refractivity (Wildman–Crippen MR) is 73.9 cm³/mol. The number of hydrogen-bond donors (Lipinski definition) is 1. The first-order valence-electron chi connectivity index (χ1n) is 6.41. The maximum absolute atomic E-state index is 11.7. The molecule has 0 bridgehead atoms. The Morgan fingerprint density at radius 3 is 2.29 bits per heavy atom. The molecule has 1 aliphatic rings. The van der Waals surface area contributed by atoms with E-state index in [-0.39, 0.29) is 11.9 Å². The molecule has 0 radical (unpaired) electrons. The van der Waals surface area contributed by atoms with Gasteiger partial charge in [-0.1, -0.05) is 26.1 Å². The molecule has 0 spiro atoms. The van der Waals surface area contributed by atoms with Gasteiger partial charge in [-0.05, 0) is 12.8 Å². The summed E-state index contributed by atoms with van der Waals surface area (Å²) >= 11 is 5.08. The van der Waals surface area contributed by atoms with Gasteiger partial charge in [0.2, 0.25) is 5.91 Å². The van der Waals surface area contributed by atoms with Crippen LogP contribution in [0.5, 0.6) is 0 Å². The molecule has 1 atom stereocenters. The zero-order chi connectivity index (χ0) is 12.8. The summed E-state index contributed by atoms with van der Waals surface area (Å²) in [5.41, 5.74) is 5.73. The molecular weight excluding hydrogens is 234 g/mol. The van der Waals surface area contributed by atoms with Crippen LogP contribution in [0.4, 0.5) is 0 Å². The lowest BCUT2D eigenvalue weighted by Crippen LogP contribution is -2.54. The van der Waals surface area contributed by atoms with Crippen molar-refractivity contribution in [2.75, 3.05) is 26.2 Å². The Morgan fingerprint density at radius 2 is 1.88 bits per heavy atom. The quantitative estimate of drug-likeness (QED) is 0.746. The van der Waals surface area contributed by atoms with Crippen LogP contribution in [0.3, 0.4) is 0 Å². The minimum Gasteiger partial charge on any atom is -0.392 e. The molecule has 2 N–H and O–H groups in total. The van der Waals surface area contributed by atoms with Gasteiger partial charge >= 0.3 is 0 Å². The third-order valence-corrected chi connectivity index (χ3v) is 3.56. The molecule has 0 aliphatic carbocycles. The Morgan fingerprint density at radius 1 is 1.29 bits per heavy atom. The van der Waals surface area contributed by atoms with E-state index < -0.39 is 0 Å². The fourth-order valence-corrected chi connectivity index (χ4v) is 2.61. The van der Waals surface area contributed by atoms with Crippen molar-refractivity contribution in [1.29, 1.82) is 0 Å². The van der Waals surface area contributed by atoms with Crippen LogP contribution in [0.2, 0.25) is 0 Å². The van der Waals surface area contributed by atoms with Crippen LogP contribution in [0.15, 0.2) is 0 Å². The third-order valence-electron chi connectivity index (χ3n) is 3.29. The highest BCUT2D eigenvalue weighted by atomic mass is 32.1. The summed E-state index contributed by atoms with van der Waals surface area (Å²) in [7, 11) is 0. The fourth-order valence-electron chi connectivity index (χ4n) is 2.29. The molecule has 1 rings (SSSR count). The average molecular weight is 257 g/mol. The summed E-state index contributed by atoms with van der Waals surface area (Å²) in [6, 6.07) is 0.188. The number of rotatable bonds is 5. The number of nitrogens with zero attached hydrogens (tertiary/aromatic N) is 2. The van der Waals surface area contributed by atoms with Gasteiger partial charge < -0.3 is 10.6 Å². The zero-order valence-electron chi connectivity index (χ0n) is 10.8. The highest BCUT2D eigenvalue weighted by Crippen LogP contribution is 2.11. The van der Waals surface area contributed by atoms with Crippen LogP contribution in [-0.4, -0.2) is 52.9 Å². The second-order valence-electron chi connectivity index (χ2n) is 4.49. The monoisotopic (exact) mass is 257 g/mol. The molecular formula is C12H23N3OS. The Labute approximate surface area is 109 Å². The van der Waals surface area contributed by atoms with Gasteiger partial charge in [-0.2, -0.15) is 0 Å². The molecule has 1 heterocycles. The average Bonchev–Trinajstić information content (AvgIpc) is 2.30. The van der Waals surface area contributed by atoms with E-state index in [0.717, 1.165) is 39.0 Å². The van der Waals surface area contributed by atoms with Gasteiger partial charge in [0.25, 0.3) is 0 Å². The van der Waals surface area contributed by atoms with Crippen molar-refractivity contribution in [1.82, 2.24) is 9.80 Å². The molecule has 0 aromatic carbocycles. The Kier molecular flexibility index (Phi) is 5.85. The Hall–Kier alpha value is -0.680. The summed E-state index contributed by atoms with van der Waals surface area (Å²) < 4.78 is 0. The molecule has 4 nitrogen and oxygen atoms in total. The fraction of sp³-hybridized carbons (Fsp3) is 0.833. The smallest absolute Gasteiger partial charge is 0.222 e. The highest BCUT2D eigenvalue weighted by molar-refractivity contribution is 7.80. The van der Waals surface area contributed by atoms with E-state index >= 15 is 0 Å². The molecule has 17 heavy (non-hydrogen) atoms. The lowest BCUT2D eigenvalue weighted by atomic mass is 10.1. The number of carbonyl (C=O) groups excluding carboxylic acids is 1. The summed E-state index contributed by atoms with van der Waals surface area (Å²) in [4.78, 5) is 16.5. The first kappa shape index (κ1) is 14.4. The molecule has 98 valence electrons. The molecule has 1 amide bonds. The normalized spacial score (nSPS) is 19.1. The highest BCUT2D eigenvalue weighted by Gasteiger charge is 2.25. The maximum atomic E-state index is 11.7. The molecule has 0 saturated carbocycles. The van der Waals surface area contributed by atoms with E-state index in [1.165, 1.54) is 0 Å². The first-order valence-corrected chi connectivity index (χ1v) is 6.82. The number of nitrogens with two attached hydrogens (primary N) is 1. The van der Waals surface area contributed by atoms with Crippen molar-refractivity contribution in [3.8, 4) is 0 Å². The number of thiocarbonyl (C=S) groups is 1. The van der Waals surface area contributed by atoms with E-state index in [1.807, 2.05) is 11.8 Å². The lowest BCUT2D eigenvalue weighted by Gasteiger charge is -2.38. The van der Waals surface area contributed by atoms with Crippen LogP contribution in [-0.2, 0) is 4.79 Å². The number of carbonyl (C=O) groups is 1. The standard InChI is InChI=1S/C12H23N3OS/c1-3-5-11(16)15-8-6-14(7-9-15)10(4-2)12(13)17/h10H,3-9H2,1-2H3,(H2,13,17). The van der Waals surface area contributed by atoms with Crippen LogP contribution < -0.4 is 5.73 Å². The minimum absolute atomic E-state index is 0.188. The van der Waals surface area contributed by atoms with Crippen molar-refractivity contribution >= 4 is 23.1 Å². The number of piperazine rings is 1. The van der Waals surface area contributed by atoms with E-state index in [1.54, 1.807) is 0 Å². The Balaban J connectivity index is 2.44. The van der Waals surface area contributed by atoms with Crippen molar-refractivity contribution in [2.24, 2.45) is 5.73 Å². The number of hydrogen-bond acceptors (Lipinski definition) is 3. The first-order chi connectivity index (χ1) is 8.10. The van der Waals surface area contributed by atoms with Crippen LogP contribution >= 0.6 is 12.2 Å². The molecule has 1 fully saturated rings. The minimum atomic E-state index is 0.188. The van der Waals surface area contributed by atoms with Crippen molar-refractivity contribution in [3.05, 3.63) is 0 Å². The van der Waals surface area contributed by atoms with Gasteiger partial charge in [0, 0.05) is 32.6 Å². The van der Waals surface area contributed by atoms with Crippen LogP contribution in [0, 0.1) is 0 Å². The van der Waals surface area contributed by atoms with Gasteiger partial charge in [-0.15, -0.1) is 0 Å². The summed E-state index contributed by atoms with van der Waals surface area (Å²) in [5, 5.41) is 0. The van der Waals surface area contributed by atoms with Gasteiger partial charge in [-0.3, -0.25) is 9.69 Å². The Bertz CT molecular complexity index is 275. The van der Waals surface area contributed by atoms with Gasteiger partial charge in [0.05, 0.1) is 11.0 Å². The lowest BCUT2D eigenvalue weighted by molar-refractivity contribution is -0.133. The third kappa shape index (κ3) is 3.92. The van der Waals surface area contributed by atoms with Crippen LogP contribution in [0.25, 0.3) is 0 Å². The molecule has 1 saturated heterocycles. The van der Waals surface area contributed by atoms with Crippen LogP contribution in [0.1, 0.15) is 33.1 Å². The van der Waals surface area contributed by atoms with Gasteiger partial charge in [0.15, 0.2) is 0 Å². The molecule has 1 aliphatic heterocycles. The largest absolute Gasteiger partial charge is 0.392 e. The molecule has 1 unspecified atom stereocenters. The van der Waals surface area contributed by atoms with Gasteiger partial charge in [0.1, 0.15) is 0 Å². The summed E-state index contributed by atoms with van der Waals surface area (Å²) in [5.74, 6) is 0.274. The number of amides is 1.